The van der Waals surface area contributed by atoms with E-state index in [1.54, 1.807) is 7.11 Å². The third-order valence-corrected chi connectivity index (χ3v) is 2.28. The summed E-state index contributed by atoms with van der Waals surface area (Å²) in [6, 6.07) is 4.36. The maximum atomic E-state index is 5.10. The van der Waals surface area contributed by atoms with Gasteiger partial charge in [-0.25, -0.2) is 4.98 Å². The Kier molecular flexibility index (Phi) is 2.54. The van der Waals surface area contributed by atoms with Crippen molar-refractivity contribution in [3.05, 3.63) is 17.8 Å². The Balaban J connectivity index is 2.16. The zero-order valence-corrected chi connectivity index (χ0v) is 8.50. The number of ether oxygens (including phenoxy) is 1. The first-order chi connectivity index (χ1) is 6.79. The summed E-state index contributed by atoms with van der Waals surface area (Å²) in [6.07, 6.45) is 0. The Hall–Kier alpha value is -1.29. The number of aryl methyl sites for hydroxylation is 1. The van der Waals surface area contributed by atoms with Gasteiger partial charge in [0.15, 0.2) is 0 Å². The van der Waals surface area contributed by atoms with Gasteiger partial charge in [-0.1, -0.05) is 0 Å². The summed E-state index contributed by atoms with van der Waals surface area (Å²) < 4.78 is 5.10. The molecular weight excluding hydrogens is 178 g/mol. The summed E-state index contributed by atoms with van der Waals surface area (Å²) >= 11 is 0. The van der Waals surface area contributed by atoms with Crippen molar-refractivity contribution in [2.24, 2.45) is 0 Å². The lowest BCUT2D eigenvalue weighted by molar-refractivity contribution is 0.188. The molecule has 0 aliphatic carbocycles. The van der Waals surface area contributed by atoms with Gasteiger partial charge in [-0.2, -0.15) is 0 Å². The minimum absolute atomic E-state index is 0.307. The zero-order chi connectivity index (χ0) is 9.97. The summed E-state index contributed by atoms with van der Waals surface area (Å²) in [4.78, 5) is 4.42. The van der Waals surface area contributed by atoms with Crippen molar-refractivity contribution in [1.29, 1.82) is 0 Å². The maximum Gasteiger partial charge on any atom is 0.150 e. The van der Waals surface area contributed by atoms with E-state index < -0.39 is 0 Å². The largest absolute Gasteiger partial charge is 0.382 e. The van der Waals surface area contributed by atoms with E-state index in [4.69, 9.17) is 4.74 Å². The predicted octanol–water partition coefficient (Wildman–Crippen LogP) is 1.24. The average Bonchev–Trinajstić information content (AvgIpc) is 2.17. The van der Waals surface area contributed by atoms with Crippen molar-refractivity contribution in [3.8, 4) is 0 Å². The first kappa shape index (κ1) is 9.27. The standard InChI is InChI=1S/C10H15N3O/c1-7-3-4-9-10(12-7)13-8(5-11-9)6-14-2/h3-4,8,11H,5-6H2,1-2H3,(H,12,13). The third-order valence-electron chi connectivity index (χ3n) is 2.28. The molecule has 0 fully saturated rings. The quantitative estimate of drug-likeness (QED) is 0.742. The molecule has 0 aromatic carbocycles. The summed E-state index contributed by atoms with van der Waals surface area (Å²) in [7, 11) is 1.71. The van der Waals surface area contributed by atoms with E-state index in [1.165, 1.54) is 0 Å². The molecule has 0 saturated heterocycles. The lowest BCUT2D eigenvalue weighted by Crippen LogP contribution is -2.36. The minimum Gasteiger partial charge on any atom is -0.382 e. The van der Waals surface area contributed by atoms with Crippen LogP contribution in [0.15, 0.2) is 12.1 Å². The second-order valence-electron chi connectivity index (χ2n) is 3.53. The molecule has 1 aromatic heterocycles. The molecule has 14 heavy (non-hydrogen) atoms. The SMILES string of the molecule is COCC1CNc2ccc(C)nc2N1. The second-order valence-corrected chi connectivity index (χ2v) is 3.53. The van der Waals surface area contributed by atoms with Crippen molar-refractivity contribution in [2.75, 3.05) is 30.9 Å². The highest BCUT2D eigenvalue weighted by molar-refractivity contribution is 5.67. The topological polar surface area (TPSA) is 46.2 Å². The van der Waals surface area contributed by atoms with Gasteiger partial charge in [-0.05, 0) is 19.1 Å². The van der Waals surface area contributed by atoms with Gasteiger partial charge in [0.1, 0.15) is 5.82 Å². The highest BCUT2D eigenvalue weighted by Gasteiger charge is 2.17. The van der Waals surface area contributed by atoms with Crippen LogP contribution in [-0.2, 0) is 4.74 Å². The molecule has 1 aliphatic heterocycles. The smallest absolute Gasteiger partial charge is 0.150 e. The molecular formula is C10H15N3O. The van der Waals surface area contributed by atoms with Crippen LogP contribution in [-0.4, -0.2) is 31.3 Å². The highest BCUT2D eigenvalue weighted by Crippen LogP contribution is 2.23. The van der Waals surface area contributed by atoms with Crippen molar-refractivity contribution >= 4 is 11.5 Å². The molecule has 0 spiro atoms. The summed E-state index contributed by atoms with van der Waals surface area (Å²) in [5, 5.41) is 6.66. The maximum absolute atomic E-state index is 5.10. The van der Waals surface area contributed by atoms with Gasteiger partial charge in [0.2, 0.25) is 0 Å². The van der Waals surface area contributed by atoms with Crippen LogP contribution in [0.2, 0.25) is 0 Å². The number of hydrogen-bond donors (Lipinski definition) is 2. The van der Waals surface area contributed by atoms with Crippen molar-refractivity contribution < 1.29 is 4.74 Å². The fourth-order valence-corrected chi connectivity index (χ4v) is 1.59. The highest BCUT2D eigenvalue weighted by atomic mass is 16.5. The zero-order valence-electron chi connectivity index (χ0n) is 8.50. The van der Waals surface area contributed by atoms with Crippen LogP contribution < -0.4 is 10.6 Å². The van der Waals surface area contributed by atoms with Crippen molar-refractivity contribution in [1.82, 2.24) is 4.98 Å². The number of rotatable bonds is 2. The van der Waals surface area contributed by atoms with Crippen LogP contribution in [0.1, 0.15) is 5.69 Å². The van der Waals surface area contributed by atoms with Crippen LogP contribution in [0.3, 0.4) is 0 Å². The minimum atomic E-state index is 0.307. The lowest BCUT2D eigenvalue weighted by atomic mass is 10.2. The van der Waals surface area contributed by atoms with E-state index in [0.717, 1.165) is 23.7 Å². The van der Waals surface area contributed by atoms with E-state index in [9.17, 15) is 0 Å². The first-order valence-electron chi connectivity index (χ1n) is 4.76. The summed E-state index contributed by atoms with van der Waals surface area (Å²) in [6.45, 7) is 3.57. The van der Waals surface area contributed by atoms with Gasteiger partial charge < -0.3 is 15.4 Å². The fraction of sp³-hybridized carbons (Fsp3) is 0.500. The van der Waals surface area contributed by atoms with Crippen LogP contribution in [0, 0.1) is 6.92 Å². The third kappa shape index (κ3) is 1.80. The Morgan fingerprint density at radius 2 is 2.43 bits per heavy atom. The molecule has 4 nitrogen and oxygen atoms in total. The summed E-state index contributed by atoms with van der Waals surface area (Å²) in [5.74, 6) is 0.929. The molecule has 1 atom stereocenters. The molecule has 2 heterocycles. The van der Waals surface area contributed by atoms with Crippen LogP contribution in [0.5, 0.6) is 0 Å². The first-order valence-corrected chi connectivity index (χ1v) is 4.76. The number of nitrogens with zero attached hydrogens (tertiary/aromatic N) is 1. The van der Waals surface area contributed by atoms with E-state index in [2.05, 4.69) is 15.6 Å². The molecule has 0 bridgehead atoms. The number of pyridine rings is 1. The average molecular weight is 193 g/mol. The number of methoxy groups -OCH3 is 1. The molecule has 1 unspecified atom stereocenters. The fourth-order valence-electron chi connectivity index (χ4n) is 1.59. The molecule has 1 aliphatic rings. The van der Waals surface area contributed by atoms with E-state index in [0.29, 0.717) is 12.6 Å². The molecule has 2 rings (SSSR count). The van der Waals surface area contributed by atoms with Crippen LogP contribution in [0.4, 0.5) is 11.5 Å². The normalized spacial score (nSPS) is 19.4. The molecule has 1 aromatic rings. The Labute approximate surface area is 83.7 Å². The number of anilines is 2. The summed E-state index contributed by atoms with van der Waals surface area (Å²) in [5.41, 5.74) is 2.10. The predicted molar refractivity (Wildman–Crippen MR) is 56.8 cm³/mol. The monoisotopic (exact) mass is 193 g/mol. The van der Waals surface area contributed by atoms with E-state index in [-0.39, 0.29) is 0 Å². The van der Waals surface area contributed by atoms with Gasteiger partial charge in [-0.15, -0.1) is 0 Å². The van der Waals surface area contributed by atoms with Gasteiger partial charge in [0.25, 0.3) is 0 Å². The van der Waals surface area contributed by atoms with Gasteiger partial charge in [0, 0.05) is 19.3 Å². The molecule has 4 heteroatoms. The Morgan fingerprint density at radius 1 is 1.57 bits per heavy atom. The Morgan fingerprint density at radius 3 is 3.21 bits per heavy atom. The molecule has 0 amide bonds. The van der Waals surface area contributed by atoms with Gasteiger partial charge in [-0.3, -0.25) is 0 Å². The van der Waals surface area contributed by atoms with E-state index in [1.807, 2.05) is 19.1 Å². The molecule has 0 saturated carbocycles. The number of aromatic nitrogens is 1. The van der Waals surface area contributed by atoms with Gasteiger partial charge >= 0.3 is 0 Å². The van der Waals surface area contributed by atoms with E-state index >= 15 is 0 Å². The number of fused-ring (bicyclic) bond motifs is 1. The molecule has 0 radical (unpaired) electrons. The molecule has 2 N–H and O–H groups in total. The van der Waals surface area contributed by atoms with Gasteiger partial charge in [0.05, 0.1) is 18.3 Å². The lowest BCUT2D eigenvalue weighted by Gasteiger charge is -2.27. The van der Waals surface area contributed by atoms with Crippen molar-refractivity contribution in [3.63, 3.8) is 0 Å². The number of nitrogens with one attached hydrogen (secondary N) is 2. The molecule has 76 valence electrons. The Bertz CT molecular complexity index is 327. The van der Waals surface area contributed by atoms with Crippen LogP contribution in [0.25, 0.3) is 0 Å². The second kappa shape index (κ2) is 3.84. The number of hydrogen-bond acceptors (Lipinski definition) is 4. The van der Waals surface area contributed by atoms with Crippen molar-refractivity contribution in [2.45, 2.75) is 13.0 Å². The van der Waals surface area contributed by atoms with Crippen LogP contribution >= 0.6 is 0 Å².